The molecule has 0 spiro atoms. The highest BCUT2D eigenvalue weighted by atomic mass is 16.1. The Morgan fingerprint density at radius 2 is 2.38 bits per heavy atom. The molecule has 8 heavy (non-hydrogen) atoms. The zero-order valence-corrected chi connectivity index (χ0v) is 5.27. The van der Waals surface area contributed by atoms with Crippen LogP contribution in [0.25, 0.3) is 0 Å². The van der Waals surface area contributed by atoms with Crippen LogP contribution in [-0.2, 0) is 4.79 Å². The number of nitrogens with two attached hydrogens (primary N) is 1. The summed E-state index contributed by atoms with van der Waals surface area (Å²) in [6, 6.07) is 0.201. The van der Waals surface area contributed by atoms with Crippen LogP contribution >= 0.6 is 0 Å². The summed E-state index contributed by atoms with van der Waals surface area (Å²) in [6.07, 6.45) is 0.413. The molecule has 0 rings (SSSR count). The van der Waals surface area contributed by atoms with Gasteiger partial charge in [-0.15, -0.1) is 0 Å². The molecule has 0 aromatic heterocycles. The van der Waals surface area contributed by atoms with Crippen molar-refractivity contribution in [1.82, 2.24) is 5.32 Å². The largest absolute Gasteiger partial charge is 0.370 e. The molecule has 1 amide bonds. The van der Waals surface area contributed by atoms with Gasteiger partial charge in [-0.3, -0.25) is 4.79 Å². The number of nitrogens with one attached hydrogen (secondary N) is 1. The summed E-state index contributed by atoms with van der Waals surface area (Å²) in [5.41, 5.74) is 4.89. The van der Waals surface area contributed by atoms with E-state index in [-0.39, 0.29) is 11.9 Å². The Morgan fingerprint density at radius 1 is 1.88 bits per heavy atom. The van der Waals surface area contributed by atoms with Crippen LogP contribution < -0.4 is 11.1 Å². The monoisotopic (exact) mass is 116 g/mol. The lowest BCUT2D eigenvalue weighted by Gasteiger charge is -2.04. The maximum absolute atomic E-state index is 10.2. The molecule has 1 atom stereocenters. The van der Waals surface area contributed by atoms with Gasteiger partial charge in [-0.25, -0.2) is 0 Å². The topological polar surface area (TPSA) is 55.1 Å². The van der Waals surface area contributed by atoms with Gasteiger partial charge in [-0.05, 0) is 14.0 Å². The number of primary amides is 1. The van der Waals surface area contributed by atoms with Gasteiger partial charge >= 0.3 is 0 Å². The first-order valence-corrected chi connectivity index (χ1v) is 2.62. The summed E-state index contributed by atoms with van der Waals surface area (Å²) in [4.78, 5) is 10.2. The van der Waals surface area contributed by atoms with Crippen molar-refractivity contribution < 1.29 is 4.79 Å². The summed E-state index contributed by atoms with van der Waals surface area (Å²) in [5, 5.41) is 2.90. The number of amides is 1. The van der Waals surface area contributed by atoms with Gasteiger partial charge in [-0.1, -0.05) is 0 Å². The van der Waals surface area contributed by atoms with E-state index in [0.717, 1.165) is 0 Å². The van der Waals surface area contributed by atoms with Crippen LogP contribution in [0.5, 0.6) is 0 Å². The molecule has 48 valence electrons. The van der Waals surface area contributed by atoms with E-state index < -0.39 is 0 Å². The molecule has 0 bridgehead atoms. The van der Waals surface area contributed by atoms with Gasteiger partial charge in [0.1, 0.15) is 0 Å². The zero-order chi connectivity index (χ0) is 6.57. The average Bonchev–Trinajstić information content (AvgIpc) is 1.65. The van der Waals surface area contributed by atoms with Crippen LogP contribution in [-0.4, -0.2) is 19.0 Å². The Balaban J connectivity index is 3.24. The molecular formula is C5H12N2O. The fourth-order valence-corrected chi connectivity index (χ4v) is 0.404. The highest BCUT2D eigenvalue weighted by molar-refractivity contribution is 5.74. The Labute approximate surface area is 49.3 Å². The number of hydrogen-bond acceptors (Lipinski definition) is 2. The van der Waals surface area contributed by atoms with Crippen molar-refractivity contribution in [2.75, 3.05) is 7.05 Å². The molecule has 0 aromatic carbocycles. The highest BCUT2D eigenvalue weighted by Crippen LogP contribution is 1.84. The van der Waals surface area contributed by atoms with Gasteiger partial charge in [0.2, 0.25) is 5.91 Å². The van der Waals surface area contributed by atoms with Crippen molar-refractivity contribution in [3.05, 3.63) is 0 Å². The molecule has 3 heteroatoms. The summed E-state index contributed by atoms with van der Waals surface area (Å²) < 4.78 is 0. The van der Waals surface area contributed by atoms with Crippen LogP contribution in [0.4, 0.5) is 0 Å². The maximum Gasteiger partial charge on any atom is 0.218 e. The van der Waals surface area contributed by atoms with Gasteiger partial charge in [0.15, 0.2) is 0 Å². The van der Waals surface area contributed by atoms with Crippen molar-refractivity contribution in [1.29, 1.82) is 0 Å². The summed E-state index contributed by atoms with van der Waals surface area (Å²) in [6.45, 7) is 1.91. The van der Waals surface area contributed by atoms with Gasteiger partial charge < -0.3 is 11.1 Å². The normalized spacial score (nSPS) is 13.2. The molecule has 3 nitrogen and oxygen atoms in total. The predicted octanol–water partition coefficient (Wildman–Crippen LogP) is -0.530. The third kappa shape index (κ3) is 3.61. The Kier molecular flexibility index (Phi) is 3.19. The first-order valence-electron chi connectivity index (χ1n) is 2.62. The SMILES string of the molecule is CN[C@@H](C)CC(N)=O. The second-order valence-electron chi connectivity index (χ2n) is 1.86. The minimum atomic E-state index is -0.258. The van der Waals surface area contributed by atoms with E-state index in [1.165, 1.54) is 0 Å². The van der Waals surface area contributed by atoms with Crippen molar-refractivity contribution in [2.45, 2.75) is 19.4 Å². The number of rotatable bonds is 3. The highest BCUT2D eigenvalue weighted by Gasteiger charge is 2.00. The van der Waals surface area contributed by atoms with E-state index in [1.807, 2.05) is 6.92 Å². The average molecular weight is 116 g/mol. The minimum absolute atomic E-state index is 0.201. The fraction of sp³-hybridized carbons (Fsp3) is 0.800. The van der Waals surface area contributed by atoms with Gasteiger partial charge in [-0.2, -0.15) is 0 Å². The van der Waals surface area contributed by atoms with Crippen LogP contribution in [0.3, 0.4) is 0 Å². The van der Waals surface area contributed by atoms with Crippen LogP contribution in [0.1, 0.15) is 13.3 Å². The van der Waals surface area contributed by atoms with Crippen molar-refractivity contribution in [3.63, 3.8) is 0 Å². The Morgan fingerprint density at radius 3 is 2.50 bits per heavy atom. The van der Waals surface area contributed by atoms with Crippen LogP contribution in [0.2, 0.25) is 0 Å². The van der Waals surface area contributed by atoms with Crippen molar-refractivity contribution in [3.8, 4) is 0 Å². The molecule has 0 saturated heterocycles. The summed E-state index contributed by atoms with van der Waals surface area (Å²) >= 11 is 0. The molecule has 0 aliphatic heterocycles. The van der Waals surface area contributed by atoms with E-state index in [1.54, 1.807) is 7.05 Å². The van der Waals surface area contributed by atoms with E-state index >= 15 is 0 Å². The lowest BCUT2D eigenvalue weighted by molar-refractivity contribution is -0.118. The zero-order valence-electron chi connectivity index (χ0n) is 5.27. The van der Waals surface area contributed by atoms with Gasteiger partial charge in [0.05, 0.1) is 0 Å². The van der Waals surface area contributed by atoms with Crippen LogP contribution in [0.15, 0.2) is 0 Å². The maximum atomic E-state index is 10.2. The molecule has 0 heterocycles. The molecular weight excluding hydrogens is 104 g/mol. The Hall–Kier alpha value is -0.570. The molecule has 0 fully saturated rings. The molecule has 0 saturated carbocycles. The standard InChI is InChI=1S/C5H12N2O/c1-4(7-2)3-5(6)8/h4,7H,3H2,1-2H3,(H2,6,8)/t4-/m0/s1. The van der Waals surface area contributed by atoms with Crippen molar-refractivity contribution in [2.24, 2.45) is 5.73 Å². The first-order chi connectivity index (χ1) is 3.66. The third-order valence-corrected chi connectivity index (χ3v) is 1.00. The summed E-state index contributed by atoms with van der Waals surface area (Å²) in [5.74, 6) is -0.258. The van der Waals surface area contributed by atoms with E-state index in [0.29, 0.717) is 6.42 Å². The number of carbonyl (C=O) groups is 1. The molecule has 3 N–H and O–H groups in total. The van der Waals surface area contributed by atoms with E-state index in [4.69, 9.17) is 5.73 Å². The Bertz CT molecular complexity index is 82.5. The second kappa shape index (κ2) is 3.43. The molecule has 0 radical (unpaired) electrons. The minimum Gasteiger partial charge on any atom is -0.370 e. The van der Waals surface area contributed by atoms with Gasteiger partial charge in [0.25, 0.3) is 0 Å². The third-order valence-electron chi connectivity index (χ3n) is 1.00. The first kappa shape index (κ1) is 7.43. The second-order valence-corrected chi connectivity index (χ2v) is 1.86. The predicted molar refractivity (Wildman–Crippen MR) is 32.3 cm³/mol. The molecule has 0 aliphatic carbocycles. The molecule has 0 aliphatic rings. The number of hydrogen-bond donors (Lipinski definition) is 2. The van der Waals surface area contributed by atoms with Gasteiger partial charge in [0, 0.05) is 12.5 Å². The van der Waals surface area contributed by atoms with E-state index in [2.05, 4.69) is 5.32 Å². The molecule has 0 aromatic rings. The summed E-state index contributed by atoms with van der Waals surface area (Å²) in [7, 11) is 1.80. The molecule has 0 unspecified atom stereocenters. The fourth-order valence-electron chi connectivity index (χ4n) is 0.404. The van der Waals surface area contributed by atoms with Crippen LogP contribution in [0, 0.1) is 0 Å². The lowest BCUT2D eigenvalue weighted by atomic mass is 10.2. The van der Waals surface area contributed by atoms with E-state index in [9.17, 15) is 4.79 Å². The smallest absolute Gasteiger partial charge is 0.218 e. The lowest BCUT2D eigenvalue weighted by Crippen LogP contribution is -2.27. The van der Waals surface area contributed by atoms with Crippen molar-refractivity contribution >= 4 is 5.91 Å². The quantitative estimate of drug-likeness (QED) is 0.520. The number of carbonyl (C=O) groups excluding carboxylic acids is 1.